The fraction of sp³-hybridized carbons (Fsp3) is 0.400. The van der Waals surface area contributed by atoms with E-state index in [4.69, 9.17) is 10.00 Å². The second-order valence-corrected chi connectivity index (χ2v) is 9.25. The first-order chi connectivity index (χ1) is 17.2. The Balaban J connectivity index is 0.00000141. The molecule has 2 bridgehead atoms. The van der Waals surface area contributed by atoms with E-state index in [-0.39, 0.29) is 0 Å². The van der Waals surface area contributed by atoms with Gasteiger partial charge < -0.3 is 15.0 Å². The van der Waals surface area contributed by atoms with Crippen LogP contribution in [0, 0.1) is 11.3 Å². The molecule has 0 saturated carbocycles. The summed E-state index contributed by atoms with van der Waals surface area (Å²) in [7, 11) is 2.26. The van der Waals surface area contributed by atoms with Crippen LogP contribution in [0.25, 0.3) is 11.3 Å². The zero-order chi connectivity index (χ0) is 24.6. The summed E-state index contributed by atoms with van der Waals surface area (Å²) in [4.78, 5) is 7.13. The number of aromatic nitrogens is 1. The molecule has 35 heavy (non-hydrogen) atoms. The van der Waals surface area contributed by atoms with Crippen LogP contribution in [0.5, 0.6) is 5.75 Å². The number of fused-ring (bicyclic) bond motifs is 2. The zero-order valence-electron chi connectivity index (χ0n) is 21.1. The van der Waals surface area contributed by atoms with Crippen molar-refractivity contribution in [2.75, 3.05) is 7.05 Å². The summed E-state index contributed by atoms with van der Waals surface area (Å²) in [6, 6.07) is 23.6. The Kier molecular flexibility index (Phi) is 8.52. The van der Waals surface area contributed by atoms with E-state index in [1.54, 1.807) is 0 Å². The highest BCUT2D eigenvalue weighted by molar-refractivity contribution is 5.60. The van der Waals surface area contributed by atoms with Gasteiger partial charge in [0.1, 0.15) is 11.9 Å². The van der Waals surface area contributed by atoms with Crippen molar-refractivity contribution in [3.63, 3.8) is 0 Å². The van der Waals surface area contributed by atoms with Crippen molar-refractivity contribution in [2.45, 2.75) is 70.8 Å². The molecule has 2 fully saturated rings. The second kappa shape index (κ2) is 12.0. The maximum atomic E-state index is 8.94. The topological polar surface area (TPSA) is 61.2 Å². The van der Waals surface area contributed by atoms with Crippen molar-refractivity contribution in [3.05, 3.63) is 83.6 Å². The first kappa shape index (κ1) is 24.9. The summed E-state index contributed by atoms with van der Waals surface area (Å²) >= 11 is 0. The van der Waals surface area contributed by atoms with Crippen LogP contribution in [0.2, 0.25) is 0 Å². The van der Waals surface area contributed by atoms with Crippen LogP contribution >= 0.6 is 0 Å². The lowest BCUT2D eigenvalue weighted by Gasteiger charge is -2.36. The molecular formula is C30H36N4O. The summed E-state index contributed by atoms with van der Waals surface area (Å²) in [5.74, 6) is 0.983. The van der Waals surface area contributed by atoms with Crippen LogP contribution < -0.4 is 10.1 Å². The lowest BCUT2D eigenvalue weighted by Crippen LogP contribution is -2.43. The molecule has 1 N–H and O–H groups in total. The van der Waals surface area contributed by atoms with Gasteiger partial charge in [-0.1, -0.05) is 44.2 Å². The van der Waals surface area contributed by atoms with Crippen molar-refractivity contribution in [2.24, 2.45) is 0 Å². The molecule has 0 radical (unpaired) electrons. The van der Waals surface area contributed by atoms with Crippen molar-refractivity contribution < 1.29 is 4.74 Å². The fourth-order valence-corrected chi connectivity index (χ4v) is 5.15. The molecule has 0 spiro atoms. The number of hydrogen-bond acceptors (Lipinski definition) is 5. The third kappa shape index (κ3) is 6.28. The summed E-state index contributed by atoms with van der Waals surface area (Å²) in [5.41, 5.74) is 4.96. The van der Waals surface area contributed by atoms with Gasteiger partial charge >= 0.3 is 0 Å². The third-order valence-electron chi connectivity index (χ3n) is 7.05. The van der Waals surface area contributed by atoms with Gasteiger partial charge in [0, 0.05) is 36.9 Å². The number of nitriles is 1. The van der Waals surface area contributed by atoms with Crippen molar-refractivity contribution in [1.82, 2.24) is 15.2 Å². The van der Waals surface area contributed by atoms with E-state index in [1.807, 2.05) is 50.4 Å². The molecule has 2 aliphatic rings. The van der Waals surface area contributed by atoms with E-state index >= 15 is 0 Å². The van der Waals surface area contributed by atoms with Crippen LogP contribution in [0.15, 0.2) is 66.9 Å². The Morgan fingerprint density at radius 1 is 0.971 bits per heavy atom. The molecule has 5 rings (SSSR count). The number of piperidine rings is 1. The molecule has 2 saturated heterocycles. The highest BCUT2D eigenvalue weighted by atomic mass is 16.5. The molecule has 1 aromatic heterocycles. The second-order valence-electron chi connectivity index (χ2n) is 9.25. The number of benzene rings is 2. The number of rotatable bonds is 7. The van der Waals surface area contributed by atoms with E-state index in [1.165, 1.54) is 18.4 Å². The van der Waals surface area contributed by atoms with Gasteiger partial charge in [0.05, 0.1) is 17.3 Å². The van der Waals surface area contributed by atoms with Gasteiger partial charge in [0.2, 0.25) is 0 Å². The Morgan fingerprint density at radius 3 is 2.34 bits per heavy atom. The maximum absolute atomic E-state index is 8.94. The van der Waals surface area contributed by atoms with E-state index in [9.17, 15) is 0 Å². The Bertz CT molecular complexity index is 1110. The maximum Gasteiger partial charge on any atom is 0.120 e. The number of ether oxygens (including phenoxy) is 1. The molecule has 3 heterocycles. The summed E-state index contributed by atoms with van der Waals surface area (Å²) in [6.45, 7) is 5.54. The average Bonchev–Trinajstić information content (AvgIpc) is 3.10. The van der Waals surface area contributed by atoms with Gasteiger partial charge in [0.25, 0.3) is 0 Å². The number of nitrogens with zero attached hydrogens (tertiary/aromatic N) is 3. The van der Waals surface area contributed by atoms with Crippen molar-refractivity contribution in [3.8, 4) is 23.1 Å². The normalized spacial score (nSPS) is 21.0. The molecule has 3 aromatic rings. The highest BCUT2D eigenvalue weighted by Gasteiger charge is 2.39. The first-order valence-corrected chi connectivity index (χ1v) is 12.8. The molecule has 182 valence electrons. The monoisotopic (exact) mass is 468 g/mol. The number of pyridine rings is 1. The molecule has 2 aromatic carbocycles. The SMILES string of the molecule is CC.CN1C2CCC1CC(Oc1cccc(CNCc3ccc(-c4ccc(C#N)cc4)nc3)c1)C2. The number of hydrogen-bond donors (Lipinski definition) is 1. The fourth-order valence-electron chi connectivity index (χ4n) is 5.15. The molecular weight excluding hydrogens is 432 g/mol. The van der Waals surface area contributed by atoms with Crippen LogP contribution in [-0.4, -0.2) is 35.1 Å². The van der Waals surface area contributed by atoms with Gasteiger partial charge in [0.15, 0.2) is 0 Å². The van der Waals surface area contributed by atoms with E-state index in [0.717, 1.165) is 48.5 Å². The summed E-state index contributed by atoms with van der Waals surface area (Å²) in [5, 5.41) is 12.5. The summed E-state index contributed by atoms with van der Waals surface area (Å²) in [6.07, 6.45) is 7.15. The summed E-state index contributed by atoms with van der Waals surface area (Å²) < 4.78 is 6.38. The highest BCUT2D eigenvalue weighted by Crippen LogP contribution is 2.36. The smallest absolute Gasteiger partial charge is 0.120 e. The average molecular weight is 469 g/mol. The standard InChI is InChI=1S/C28H30N4O.C2H6/c1-32-24-10-11-25(32)15-27(14-24)33-26-4-2-3-21(13-26)17-30-18-22-7-12-28(31-19-22)23-8-5-20(16-29)6-9-23;1-2/h2-9,12-13,19,24-25,27,30H,10-11,14-15,17-18H2,1H3;1-2H3. The van der Waals surface area contributed by atoms with Crippen LogP contribution in [-0.2, 0) is 13.1 Å². The zero-order valence-corrected chi connectivity index (χ0v) is 21.1. The Morgan fingerprint density at radius 2 is 1.69 bits per heavy atom. The molecule has 2 aliphatic heterocycles. The minimum Gasteiger partial charge on any atom is -0.490 e. The largest absolute Gasteiger partial charge is 0.490 e. The van der Waals surface area contributed by atoms with Gasteiger partial charge in [-0.05, 0) is 74.2 Å². The van der Waals surface area contributed by atoms with Crippen molar-refractivity contribution >= 4 is 0 Å². The number of nitrogens with one attached hydrogen (secondary N) is 1. The van der Waals surface area contributed by atoms with Gasteiger partial charge in [-0.3, -0.25) is 4.98 Å². The molecule has 5 nitrogen and oxygen atoms in total. The van der Waals surface area contributed by atoms with E-state index < -0.39 is 0 Å². The molecule has 0 amide bonds. The van der Waals surface area contributed by atoms with Crippen molar-refractivity contribution in [1.29, 1.82) is 5.26 Å². The predicted octanol–water partition coefficient (Wildman–Crippen LogP) is 5.94. The minimum absolute atomic E-state index is 0.336. The first-order valence-electron chi connectivity index (χ1n) is 12.8. The van der Waals surface area contributed by atoms with Crippen LogP contribution in [0.1, 0.15) is 56.2 Å². The third-order valence-corrected chi connectivity index (χ3v) is 7.05. The lowest BCUT2D eigenvalue weighted by atomic mass is 10.0. The van der Waals surface area contributed by atoms with Gasteiger partial charge in [-0.25, -0.2) is 0 Å². The Hall–Kier alpha value is -3.20. The quantitative estimate of drug-likeness (QED) is 0.465. The van der Waals surface area contributed by atoms with Crippen LogP contribution in [0.4, 0.5) is 0 Å². The van der Waals surface area contributed by atoms with Crippen LogP contribution in [0.3, 0.4) is 0 Å². The van der Waals surface area contributed by atoms with E-state index in [2.05, 4.69) is 58.6 Å². The van der Waals surface area contributed by atoms with E-state index in [0.29, 0.717) is 23.8 Å². The lowest BCUT2D eigenvalue weighted by molar-refractivity contribution is 0.0661. The molecule has 5 heteroatoms. The van der Waals surface area contributed by atoms with Gasteiger partial charge in [-0.15, -0.1) is 0 Å². The molecule has 2 unspecified atom stereocenters. The molecule has 0 aliphatic carbocycles. The minimum atomic E-state index is 0.336. The molecule has 2 atom stereocenters. The van der Waals surface area contributed by atoms with Gasteiger partial charge in [-0.2, -0.15) is 5.26 Å². The predicted molar refractivity (Wildman–Crippen MR) is 141 cm³/mol. The Labute approximate surface area is 209 Å².